The van der Waals surface area contributed by atoms with Crippen molar-refractivity contribution in [2.24, 2.45) is 5.92 Å². The first-order valence-electron chi connectivity index (χ1n) is 5.41. The average Bonchev–Trinajstić information content (AvgIpc) is 2.86. The zero-order valence-corrected chi connectivity index (χ0v) is 9.46. The molecule has 1 aliphatic heterocycles. The molecule has 0 aromatic rings. The number of hydrogen-bond donors (Lipinski definition) is 0. The molecule has 0 aromatic carbocycles. The van der Waals surface area contributed by atoms with Gasteiger partial charge < -0.3 is 4.74 Å². The molecule has 2 fully saturated rings. The third kappa shape index (κ3) is 3.28. The van der Waals surface area contributed by atoms with E-state index >= 15 is 0 Å². The van der Waals surface area contributed by atoms with Gasteiger partial charge in [0, 0.05) is 12.5 Å². The molecular formula is C10H16O4S. The Labute approximate surface area is 89.9 Å². The monoisotopic (exact) mass is 232 g/mol. The number of carbonyl (C=O) groups is 1. The van der Waals surface area contributed by atoms with Crippen molar-refractivity contribution >= 4 is 15.6 Å². The molecule has 15 heavy (non-hydrogen) atoms. The molecule has 0 bridgehead atoms. The first-order valence-corrected chi connectivity index (χ1v) is 7.24. The zero-order valence-electron chi connectivity index (χ0n) is 8.65. The number of ketones is 1. The standard InChI is InChI=1S/C10H16O4S/c11-10(8-3-4-8)7-15(12,13)6-9-2-1-5-14-9/h8-9H,1-7H2. The highest BCUT2D eigenvalue weighted by Gasteiger charge is 2.33. The number of sulfone groups is 1. The highest BCUT2D eigenvalue weighted by molar-refractivity contribution is 7.92. The lowest BCUT2D eigenvalue weighted by molar-refractivity contribution is -0.117. The summed E-state index contributed by atoms with van der Waals surface area (Å²) in [6, 6.07) is 0. The van der Waals surface area contributed by atoms with Gasteiger partial charge in [-0.1, -0.05) is 0 Å². The predicted octanol–water partition coefficient (Wildman–Crippen LogP) is 0.559. The Balaban J connectivity index is 1.85. The van der Waals surface area contributed by atoms with E-state index in [-0.39, 0.29) is 29.3 Å². The molecule has 0 spiro atoms. The lowest BCUT2D eigenvalue weighted by Gasteiger charge is -2.09. The number of rotatable bonds is 5. The van der Waals surface area contributed by atoms with Crippen LogP contribution in [0.1, 0.15) is 25.7 Å². The molecule has 1 unspecified atom stereocenters. The molecule has 1 saturated carbocycles. The van der Waals surface area contributed by atoms with E-state index < -0.39 is 9.84 Å². The van der Waals surface area contributed by atoms with Crippen LogP contribution in [0.3, 0.4) is 0 Å². The van der Waals surface area contributed by atoms with E-state index in [9.17, 15) is 13.2 Å². The number of ether oxygens (including phenoxy) is 1. The number of hydrogen-bond acceptors (Lipinski definition) is 4. The summed E-state index contributed by atoms with van der Waals surface area (Å²) >= 11 is 0. The van der Waals surface area contributed by atoms with Crippen LogP contribution in [0.4, 0.5) is 0 Å². The molecule has 4 nitrogen and oxygen atoms in total. The van der Waals surface area contributed by atoms with E-state index in [0.717, 1.165) is 25.7 Å². The molecule has 1 atom stereocenters. The minimum Gasteiger partial charge on any atom is -0.377 e. The van der Waals surface area contributed by atoms with Gasteiger partial charge in [-0.2, -0.15) is 0 Å². The molecule has 1 saturated heterocycles. The van der Waals surface area contributed by atoms with E-state index in [1.165, 1.54) is 0 Å². The molecule has 1 heterocycles. The minimum atomic E-state index is -3.24. The zero-order chi connectivity index (χ0) is 10.9. The van der Waals surface area contributed by atoms with Crippen molar-refractivity contribution in [1.29, 1.82) is 0 Å². The smallest absolute Gasteiger partial charge is 0.159 e. The average molecular weight is 232 g/mol. The summed E-state index contributed by atoms with van der Waals surface area (Å²) in [6.45, 7) is 0.650. The molecular weight excluding hydrogens is 216 g/mol. The summed E-state index contributed by atoms with van der Waals surface area (Å²) in [6.07, 6.45) is 3.29. The molecule has 0 amide bonds. The van der Waals surface area contributed by atoms with Crippen molar-refractivity contribution in [2.75, 3.05) is 18.1 Å². The second kappa shape index (κ2) is 4.22. The van der Waals surface area contributed by atoms with Crippen LogP contribution in [0, 0.1) is 5.92 Å². The first kappa shape index (κ1) is 11.1. The van der Waals surface area contributed by atoms with Gasteiger partial charge in [-0.25, -0.2) is 8.42 Å². The van der Waals surface area contributed by atoms with Crippen molar-refractivity contribution in [2.45, 2.75) is 31.8 Å². The van der Waals surface area contributed by atoms with Crippen molar-refractivity contribution in [3.63, 3.8) is 0 Å². The van der Waals surface area contributed by atoms with Gasteiger partial charge in [0.1, 0.15) is 5.75 Å². The fourth-order valence-electron chi connectivity index (χ4n) is 1.86. The summed E-state index contributed by atoms with van der Waals surface area (Å²) in [7, 11) is -3.24. The van der Waals surface area contributed by atoms with Crippen LogP contribution in [-0.2, 0) is 19.4 Å². The summed E-state index contributed by atoms with van der Waals surface area (Å²) < 4.78 is 28.5. The SMILES string of the molecule is O=C(CS(=O)(=O)CC1CCCO1)C1CC1. The second-order valence-corrected chi connectivity index (χ2v) is 6.54. The second-order valence-electron chi connectivity index (χ2n) is 4.43. The topological polar surface area (TPSA) is 60.4 Å². The van der Waals surface area contributed by atoms with Crippen LogP contribution in [-0.4, -0.2) is 38.4 Å². The van der Waals surface area contributed by atoms with E-state index in [4.69, 9.17) is 4.74 Å². The molecule has 0 radical (unpaired) electrons. The number of carbonyl (C=O) groups excluding carboxylic acids is 1. The maximum absolute atomic E-state index is 11.6. The molecule has 86 valence electrons. The van der Waals surface area contributed by atoms with Crippen LogP contribution in [0.5, 0.6) is 0 Å². The highest BCUT2D eigenvalue weighted by atomic mass is 32.2. The summed E-state index contributed by atoms with van der Waals surface area (Å²) in [4.78, 5) is 11.4. The van der Waals surface area contributed by atoms with Gasteiger partial charge in [-0.3, -0.25) is 4.79 Å². The van der Waals surface area contributed by atoms with Gasteiger partial charge in [0.15, 0.2) is 15.6 Å². The first-order chi connectivity index (χ1) is 7.07. The van der Waals surface area contributed by atoms with Crippen LogP contribution < -0.4 is 0 Å². The third-order valence-corrected chi connectivity index (χ3v) is 4.46. The van der Waals surface area contributed by atoms with Crippen molar-refractivity contribution in [3.05, 3.63) is 0 Å². The minimum absolute atomic E-state index is 0.0193. The van der Waals surface area contributed by atoms with E-state index in [0.29, 0.717) is 6.61 Å². The van der Waals surface area contributed by atoms with E-state index in [2.05, 4.69) is 0 Å². The van der Waals surface area contributed by atoms with E-state index in [1.807, 2.05) is 0 Å². The van der Waals surface area contributed by atoms with Crippen molar-refractivity contribution in [1.82, 2.24) is 0 Å². The predicted molar refractivity (Wildman–Crippen MR) is 55.4 cm³/mol. The molecule has 0 aromatic heterocycles. The Bertz CT molecular complexity index is 336. The fraction of sp³-hybridized carbons (Fsp3) is 0.900. The Morgan fingerprint density at radius 3 is 2.53 bits per heavy atom. The lowest BCUT2D eigenvalue weighted by atomic mass is 10.3. The molecule has 5 heteroatoms. The molecule has 0 N–H and O–H groups in total. The van der Waals surface area contributed by atoms with Crippen LogP contribution in [0.15, 0.2) is 0 Å². The Morgan fingerprint density at radius 1 is 1.27 bits per heavy atom. The van der Waals surface area contributed by atoms with Crippen molar-refractivity contribution < 1.29 is 17.9 Å². The largest absolute Gasteiger partial charge is 0.377 e. The van der Waals surface area contributed by atoms with Gasteiger partial charge in [-0.05, 0) is 25.7 Å². The third-order valence-electron chi connectivity index (χ3n) is 2.86. The quantitative estimate of drug-likeness (QED) is 0.695. The Kier molecular flexibility index (Phi) is 3.11. The Hall–Kier alpha value is -0.420. The molecule has 1 aliphatic carbocycles. The lowest BCUT2D eigenvalue weighted by Crippen LogP contribution is -2.26. The van der Waals surface area contributed by atoms with Crippen LogP contribution in [0.2, 0.25) is 0 Å². The highest BCUT2D eigenvalue weighted by Crippen LogP contribution is 2.30. The maximum atomic E-state index is 11.6. The van der Waals surface area contributed by atoms with Gasteiger partial charge >= 0.3 is 0 Å². The van der Waals surface area contributed by atoms with Gasteiger partial charge in [0.05, 0.1) is 11.9 Å². The Morgan fingerprint density at radius 2 is 2.00 bits per heavy atom. The molecule has 2 rings (SSSR count). The fourth-order valence-corrected chi connectivity index (χ4v) is 3.47. The summed E-state index contributed by atoms with van der Waals surface area (Å²) in [5.74, 6) is -0.333. The van der Waals surface area contributed by atoms with Crippen LogP contribution in [0.25, 0.3) is 0 Å². The van der Waals surface area contributed by atoms with E-state index in [1.54, 1.807) is 0 Å². The normalized spacial score (nSPS) is 26.8. The van der Waals surface area contributed by atoms with Gasteiger partial charge in [-0.15, -0.1) is 0 Å². The number of Topliss-reactive ketones (excluding diaryl/α,β-unsaturated/α-hetero) is 1. The van der Waals surface area contributed by atoms with Crippen LogP contribution >= 0.6 is 0 Å². The van der Waals surface area contributed by atoms with Gasteiger partial charge in [0.2, 0.25) is 0 Å². The summed E-state index contributed by atoms with van der Waals surface area (Å²) in [5, 5.41) is 0. The molecule has 2 aliphatic rings. The van der Waals surface area contributed by atoms with Gasteiger partial charge in [0.25, 0.3) is 0 Å². The van der Waals surface area contributed by atoms with Crippen molar-refractivity contribution in [3.8, 4) is 0 Å². The summed E-state index contributed by atoms with van der Waals surface area (Å²) in [5.41, 5.74) is 0. The maximum Gasteiger partial charge on any atom is 0.159 e.